The number of hydrogen-bond acceptors (Lipinski definition) is 8. The molecule has 0 radical (unpaired) electrons. The standard InChI is InChI=1S/C16H29N3O6P2/c1-5-16(26(20,21)22,27(23,24)25)11-15-12-19(18-17-15)10-9-14(4)8-6-7-13(2)3/h7,9,12H,5-6,8,10-11H2,1-4H3,(H2,20,21,22)(H2,23,24,25)/p-4/b14-9+. The zero-order chi connectivity index (χ0) is 20.9. The molecule has 0 aliphatic carbocycles. The van der Waals surface area contributed by atoms with Gasteiger partial charge in [0.25, 0.3) is 0 Å². The van der Waals surface area contributed by atoms with Crippen molar-refractivity contribution in [3.05, 3.63) is 35.2 Å². The molecule has 11 heteroatoms. The van der Waals surface area contributed by atoms with E-state index in [9.17, 15) is 28.7 Å². The molecule has 0 aromatic carbocycles. The van der Waals surface area contributed by atoms with Gasteiger partial charge in [-0.1, -0.05) is 50.6 Å². The summed E-state index contributed by atoms with van der Waals surface area (Å²) in [7, 11) is -11.4. The summed E-state index contributed by atoms with van der Waals surface area (Å²) in [5, 5.41) is 7.52. The maximum Gasteiger partial charge on any atom is 0.0840 e. The third kappa shape index (κ3) is 6.49. The molecule has 154 valence electrons. The van der Waals surface area contributed by atoms with E-state index in [0.29, 0.717) is 6.54 Å². The summed E-state index contributed by atoms with van der Waals surface area (Å²) in [5.74, 6) is 0. The van der Waals surface area contributed by atoms with Crippen LogP contribution in [0.5, 0.6) is 0 Å². The Morgan fingerprint density at radius 1 is 1.15 bits per heavy atom. The van der Waals surface area contributed by atoms with Crippen LogP contribution in [0.1, 0.15) is 52.7 Å². The molecule has 27 heavy (non-hydrogen) atoms. The summed E-state index contributed by atoms with van der Waals surface area (Å²) in [5.41, 5.74) is 2.33. The van der Waals surface area contributed by atoms with Crippen LogP contribution in [0.4, 0.5) is 0 Å². The second-order valence-corrected chi connectivity index (χ2v) is 10.9. The van der Waals surface area contributed by atoms with Crippen molar-refractivity contribution in [1.82, 2.24) is 15.0 Å². The fourth-order valence-corrected chi connectivity index (χ4v) is 5.28. The first-order chi connectivity index (χ1) is 12.3. The van der Waals surface area contributed by atoms with Crippen LogP contribution >= 0.6 is 15.2 Å². The van der Waals surface area contributed by atoms with E-state index in [1.807, 2.05) is 26.8 Å². The normalized spacial score (nSPS) is 13.7. The maximum atomic E-state index is 11.5. The molecule has 1 aromatic rings. The molecule has 0 saturated carbocycles. The first-order valence-corrected chi connectivity index (χ1v) is 11.6. The lowest BCUT2D eigenvalue weighted by Crippen LogP contribution is -2.47. The molecule has 0 aliphatic heterocycles. The molecule has 0 unspecified atom stereocenters. The minimum absolute atomic E-state index is 0.0358. The average molecular weight is 417 g/mol. The zero-order valence-electron chi connectivity index (χ0n) is 16.0. The highest BCUT2D eigenvalue weighted by Crippen LogP contribution is 2.63. The van der Waals surface area contributed by atoms with Crippen LogP contribution in [-0.2, 0) is 22.1 Å². The minimum atomic E-state index is -5.72. The molecule has 0 bridgehead atoms. The van der Waals surface area contributed by atoms with Gasteiger partial charge in [0.1, 0.15) is 0 Å². The van der Waals surface area contributed by atoms with Gasteiger partial charge >= 0.3 is 0 Å². The fourth-order valence-electron chi connectivity index (χ4n) is 2.59. The second-order valence-electron chi connectivity index (χ2n) is 6.81. The van der Waals surface area contributed by atoms with Crippen molar-refractivity contribution in [2.45, 2.75) is 64.8 Å². The van der Waals surface area contributed by atoms with Gasteiger partial charge in [-0.25, -0.2) is 4.68 Å². The van der Waals surface area contributed by atoms with E-state index in [1.165, 1.54) is 23.4 Å². The molecule has 0 amide bonds. The fraction of sp³-hybridized carbons (Fsp3) is 0.625. The molecule has 0 saturated heterocycles. The van der Waals surface area contributed by atoms with Crippen molar-refractivity contribution in [2.24, 2.45) is 0 Å². The summed E-state index contributed by atoms with van der Waals surface area (Å²) >= 11 is 0. The Morgan fingerprint density at radius 3 is 2.22 bits per heavy atom. The third-order valence-electron chi connectivity index (χ3n) is 4.35. The van der Waals surface area contributed by atoms with E-state index in [4.69, 9.17) is 0 Å². The molecule has 1 heterocycles. The minimum Gasteiger partial charge on any atom is -0.810 e. The quantitative estimate of drug-likeness (QED) is 0.392. The van der Waals surface area contributed by atoms with Gasteiger partial charge in [0.15, 0.2) is 0 Å². The molecule has 1 rings (SSSR count). The summed E-state index contributed by atoms with van der Waals surface area (Å²) < 4.78 is 24.5. The van der Waals surface area contributed by atoms with Crippen molar-refractivity contribution >= 4 is 15.2 Å². The highest BCUT2D eigenvalue weighted by molar-refractivity contribution is 7.69. The first-order valence-electron chi connectivity index (χ1n) is 8.54. The SMILES string of the molecule is CCC(Cc1cn(C/C=C(\C)CCC=C(C)C)nn1)(P(=O)([O-])[O-])P(=O)([O-])[O-]. The third-order valence-corrected chi connectivity index (χ3v) is 8.81. The number of rotatable bonds is 10. The van der Waals surface area contributed by atoms with Gasteiger partial charge in [0, 0.05) is 17.5 Å². The highest BCUT2D eigenvalue weighted by atomic mass is 31.2. The van der Waals surface area contributed by atoms with Crippen molar-refractivity contribution < 1.29 is 28.7 Å². The molecule has 0 fully saturated rings. The van der Waals surface area contributed by atoms with E-state index in [-0.39, 0.29) is 5.69 Å². The van der Waals surface area contributed by atoms with E-state index in [0.717, 1.165) is 18.4 Å². The smallest absolute Gasteiger partial charge is 0.0840 e. The maximum absolute atomic E-state index is 11.5. The van der Waals surface area contributed by atoms with E-state index in [2.05, 4.69) is 16.4 Å². The van der Waals surface area contributed by atoms with Crippen molar-refractivity contribution in [2.75, 3.05) is 0 Å². The van der Waals surface area contributed by atoms with Gasteiger partial charge < -0.3 is 28.7 Å². The van der Waals surface area contributed by atoms with E-state index in [1.54, 1.807) is 0 Å². The first kappa shape index (κ1) is 24.0. The Morgan fingerprint density at radius 2 is 1.74 bits per heavy atom. The predicted octanol–water partition coefficient (Wildman–Crippen LogP) is 0.447. The molecule has 0 spiro atoms. The number of aromatic nitrogens is 3. The average Bonchev–Trinajstić information content (AvgIpc) is 2.95. The van der Waals surface area contributed by atoms with Crippen LogP contribution in [0.3, 0.4) is 0 Å². The van der Waals surface area contributed by atoms with Gasteiger partial charge in [-0.2, -0.15) is 0 Å². The summed E-state index contributed by atoms with van der Waals surface area (Å²) in [4.78, 5) is 43.2. The van der Waals surface area contributed by atoms with Crippen LogP contribution in [0, 0.1) is 0 Å². The van der Waals surface area contributed by atoms with E-state index >= 15 is 0 Å². The highest BCUT2D eigenvalue weighted by Gasteiger charge is 2.37. The Labute approximate surface area is 159 Å². The van der Waals surface area contributed by atoms with Crippen molar-refractivity contribution in [1.29, 1.82) is 0 Å². The van der Waals surface area contributed by atoms with Crippen molar-refractivity contribution in [3.63, 3.8) is 0 Å². The van der Waals surface area contributed by atoms with Crippen LogP contribution in [-0.4, -0.2) is 19.9 Å². The van der Waals surface area contributed by atoms with Gasteiger partial charge in [-0.15, -0.1) is 5.10 Å². The van der Waals surface area contributed by atoms with Gasteiger partial charge in [0.2, 0.25) is 0 Å². The Kier molecular flexibility index (Phi) is 8.35. The molecule has 9 nitrogen and oxygen atoms in total. The lowest BCUT2D eigenvalue weighted by molar-refractivity contribution is -0.336. The molecule has 0 N–H and O–H groups in total. The summed E-state index contributed by atoms with van der Waals surface area (Å²) in [6, 6.07) is 0. The molecule has 0 aliphatic rings. The van der Waals surface area contributed by atoms with Crippen LogP contribution in [0.15, 0.2) is 29.5 Å². The Hall–Kier alpha value is -1.08. The second kappa shape index (κ2) is 9.41. The van der Waals surface area contributed by atoms with Crippen LogP contribution < -0.4 is 19.6 Å². The predicted molar refractivity (Wildman–Crippen MR) is 94.4 cm³/mol. The van der Waals surface area contributed by atoms with E-state index < -0.39 is 32.9 Å². The van der Waals surface area contributed by atoms with Crippen LogP contribution in [0.2, 0.25) is 0 Å². The summed E-state index contributed by atoms with van der Waals surface area (Å²) in [6.07, 6.45) is 5.73. The Balaban J connectivity index is 2.91. The summed E-state index contributed by atoms with van der Waals surface area (Å²) in [6.45, 7) is 7.55. The van der Waals surface area contributed by atoms with Crippen molar-refractivity contribution in [3.8, 4) is 0 Å². The zero-order valence-corrected chi connectivity index (χ0v) is 17.7. The number of nitrogens with zero attached hydrogens (tertiary/aromatic N) is 3. The van der Waals surface area contributed by atoms with Gasteiger partial charge in [0.05, 0.1) is 12.2 Å². The number of hydrogen-bond donors (Lipinski definition) is 0. The van der Waals surface area contributed by atoms with Crippen LogP contribution in [0.25, 0.3) is 0 Å². The topological polar surface area (TPSA) is 157 Å². The molecular formula is C16H25N3O6P2-4. The Bertz CT molecular complexity index is 764. The monoisotopic (exact) mass is 417 g/mol. The molecule has 0 atom stereocenters. The molecular weight excluding hydrogens is 392 g/mol. The largest absolute Gasteiger partial charge is 0.810 e. The number of allylic oxidation sites excluding steroid dienone is 4. The lowest BCUT2D eigenvalue weighted by atomic mass is 10.1. The lowest BCUT2D eigenvalue weighted by Gasteiger charge is -2.59. The van der Waals surface area contributed by atoms with Gasteiger partial charge in [-0.05, 0) is 40.0 Å². The van der Waals surface area contributed by atoms with Gasteiger partial charge in [-0.3, -0.25) is 0 Å². The molecule has 1 aromatic heterocycles.